The maximum absolute atomic E-state index is 8.92. The van der Waals surface area contributed by atoms with Crippen LogP contribution >= 0.6 is 0 Å². The molecule has 19 heavy (non-hydrogen) atoms. The molecule has 1 heterocycles. The fraction of sp³-hybridized carbons (Fsp3) is 0.200. The lowest BCUT2D eigenvalue weighted by Gasteiger charge is -2.13. The van der Waals surface area contributed by atoms with E-state index in [1.807, 2.05) is 32.0 Å². The topological polar surface area (TPSA) is 71.9 Å². The molecule has 0 bridgehead atoms. The van der Waals surface area contributed by atoms with E-state index in [1.54, 1.807) is 18.3 Å². The average Bonchev–Trinajstić information content (AvgIpc) is 2.41. The van der Waals surface area contributed by atoms with Crippen LogP contribution in [0, 0.1) is 18.3 Å². The number of nitriles is 1. The molecule has 4 nitrogen and oxygen atoms in total. The summed E-state index contributed by atoms with van der Waals surface area (Å²) in [6, 6.07) is 10.9. The molecule has 4 heteroatoms. The van der Waals surface area contributed by atoms with Gasteiger partial charge >= 0.3 is 0 Å². The number of rotatable bonds is 3. The number of pyridine rings is 1. The summed E-state index contributed by atoms with van der Waals surface area (Å²) in [5.74, 6) is 1.11. The monoisotopic (exact) mass is 253 g/mol. The molecule has 0 saturated carbocycles. The predicted octanol–water partition coefficient (Wildman–Crippen LogP) is 3.07. The van der Waals surface area contributed by atoms with E-state index < -0.39 is 0 Å². The molecule has 1 aromatic carbocycles. The van der Waals surface area contributed by atoms with Gasteiger partial charge in [-0.2, -0.15) is 5.26 Å². The van der Waals surface area contributed by atoms with Crippen molar-refractivity contribution in [3.05, 3.63) is 53.2 Å². The number of aryl methyl sites for hydroxylation is 1. The highest BCUT2D eigenvalue weighted by molar-refractivity contribution is 5.44. The zero-order valence-corrected chi connectivity index (χ0v) is 10.9. The van der Waals surface area contributed by atoms with Gasteiger partial charge in [0.25, 0.3) is 0 Å². The quantitative estimate of drug-likeness (QED) is 0.912. The largest absolute Gasteiger partial charge is 0.438 e. The third-order valence-electron chi connectivity index (χ3n) is 2.82. The summed E-state index contributed by atoms with van der Waals surface area (Å²) in [6.45, 7) is 3.80. The number of ether oxygens (including phenoxy) is 1. The highest BCUT2D eigenvalue weighted by Gasteiger charge is 2.11. The minimum Gasteiger partial charge on any atom is -0.438 e. The fourth-order valence-corrected chi connectivity index (χ4v) is 1.72. The Labute approximate surface area is 112 Å². The fourth-order valence-electron chi connectivity index (χ4n) is 1.72. The third-order valence-corrected chi connectivity index (χ3v) is 2.82. The molecule has 0 saturated heterocycles. The zero-order valence-electron chi connectivity index (χ0n) is 10.9. The van der Waals surface area contributed by atoms with Crippen LogP contribution in [0.4, 0.5) is 0 Å². The van der Waals surface area contributed by atoms with E-state index in [0.717, 1.165) is 11.1 Å². The molecule has 0 aliphatic heterocycles. The summed E-state index contributed by atoms with van der Waals surface area (Å²) in [5, 5.41) is 8.92. The van der Waals surface area contributed by atoms with E-state index >= 15 is 0 Å². The van der Waals surface area contributed by atoms with Crippen LogP contribution in [0.1, 0.15) is 29.7 Å². The van der Waals surface area contributed by atoms with Gasteiger partial charge in [0.05, 0.1) is 11.6 Å². The smallest absolute Gasteiger partial charge is 0.223 e. The van der Waals surface area contributed by atoms with Crippen LogP contribution < -0.4 is 10.5 Å². The van der Waals surface area contributed by atoms with Gasteiger partial charge in [0, 0.05) is 17.8 Å². The normalized spacial score (nSPS) is 11.7. The molecule has 1 atom stereocenters. The van der Waals surface area contributed by atoms with Crippen LogP contribution in [0.15, 0.2) is 36.5 Å². The Balaban J connectivity index is 2.39. The van der Waals surface area contributed by atoms with Crippen molar-refractivity contribution in [1.29, 1.82) is 5.26 Å². The Morgan fingerprint density at radius 3 is 2.84 bits per heavy atom. The summed E-state index contributed by atoms with van der Waals surface area (Å²) in [4.78, 5) is 4.21. The molecular weight excluding hydrogens is 238 g/mol. The van der Waals surface area contributed by atoms with E-state index in [-0.39, 0.29) is 6.04 Å². The Hall–Kier alpha value is -2.38. The number of nitrogens with zero attached hydrogens (tertiary/aromatic N) is 2. The van der Waals surface area contributed by atoms with Crippen molar-refractivity contribution in [2.24, 2.45) is 5.73 Å². The molecule has 0 aliphatic carbocycles. The molecular formula is C15H15N3O. The van der Waals surface area contributed by atoms with Crippen LogP contribution in [0.3, 0.4) is 0 Å². The Morgan fingerprint density at radius 2 is 2.16 bits per heavy atom. The molecule has 2 N–H and O–H groups in total. The van der Waals surface area contributed by atoms with Gasteiger partial charge in [-0.15, -0.1) is 0 Å². The average molecular weight is 253 g/mol. The number of hydrogen-bond donors (Lipinski definition) is 1. The summed E-state index contributed by atoms with van der Waals surface area (Å²) in [6.07, 6.45) is 1.66. The first-order valence-corrected chi connectivity index (χ1v) is 6.01. The van der Waals surface area contributed by atoms with E-state index in [9.17, 15) is 0 Å². The highest BCUT2D eigenvalue weighted by atomic mass is 16.5. The molecule has 0 unspecified atom stereocenters. The summed E-state index contributed by atoms with van der Waals surface area (Å²) < 4.78 is 5.80. The Bertz CT molecular complexity index is 630. The van der Waals surface area contributed by atoms with Crippen LogP contribution in [-0.2, 0) is 0 Å². The summed E-state index contributed by atoms with van der Waals surface area (Å²) in [5.41, 5.74) is 8.23. The predicted molar refractivity (Wildman–Crippen MR) is 72.8 cm³/mol. The van der Waals surface area contributed by atoms with Crippen LogP contribution in [-0.4, -0.2) is 4.98 Å². The minimum absolute atomic E-state index is 0.164. The summed E-state index contributed by atoms with van der Waals surface area (Å²) >= 11 is 0. The van der Waals surface area contributed by atoms with Crippen molar-refractivity contribution < 1.29 is 4.74 Å². The van der Waals surface area contributed by atoms with Crippen molar-refractivity contribution in [3.8, 4) is 17.7 Å². The van der Waals surface area contributed by atoms with Crippen LogP contribution in [0.5, 0.6) is 11.6 Å². The van der Waals surface area contributed by atoms with Gasteiger partial charge in [-0.3, -0.25) is 0 Å². The molecule has 96 valence electrons. The Kier molecular flexibility index (Phi) is 3.79. The molecule has 2 rings (SSSR count). The van der Waals surface area contributed by atoms with Crippen LogP contribution in [0.25, 0.3) is 0 Å². The van der Waals surface area contributed by atoms with E-state index in [1.165, 1.54) is 0 Å². The second-order valence-corrected chi connectivity index (χ2v) is 4.38. The SMILES string of the molecule is Cc1ccc(C#N)cc1Oc1ncccc1[C@@H](C)N. The molecule has 0 fully saturated rings. The lowest BCUT2D eigenvalue weighted by Crippen LogP contribution is -2.07. The maximum Gasteiger partial charge on any atom is 0.223 e. The van der Waals surface area contributed by atoms with Gasteiger partial charge < -0.3 is 10.5 Å². The number of hydrogen-bond acceptors (Lipinski definition) is 4. The Morgan fingerprint density at radius 1 is 1.37 bits per heavy atom. The van der Waals surface area contributed by atoms with Gasteiger partial charge in [-0.25, -0.2) is 4.98 Å². The molecule has 1 aromatic heterocycles. The first-order chi connectivity index (χ1) is 9.11. The second kappa shape index (κ2) is 5.51. The molecule has 0 aliphatic rings. The lowest BCUT2D eigenvalue weighted by atomic mass is 10.1. The van der Waals surface area contributed by atoms with Crippen LogP contribution in [0.2, 0.25) is 0 Å². The van der Waals surface area contributed by atoms with Gasteiger partial charge in [0.1, 0.15) is 5.75 Å². The molecule has 0 radical (unpaired) electrons. The van der Waals surface area contributed by atoms with Crippen molar-refractivity contribution in [2.45, 2.75) is 19.9 Å². The van der Waals surface area contributed by atoms with Gasteiger partial charge in [-0.05, 0) is 37.6 Å². The molecule has 2 aromatic rings. The molecule has 0 amide bonds. The number of nitrogens with two attached hydrogens (primary N) is 1. The van der Waals surface area contributed by atoms with E-state index in [0.29, 0.717) is 17.2 Å². The van der Waals surface area contributed by atoms with E-state index in [4.69, 9.17) is 15.7 Å². The molecule has 0 spiro atoms. The van der Waals surface area contributed by atoms with Crippen molar-refractivity contribution in [1.82, 2.24) is 4.98 Å². The first-order valence-electron chi connectivity index (χ1n) is 6.01. The van der Waals surface area contributed by atoms with Crippen molar-refractivity contribution >= 4 is 0 Å². The first kappa shape index (κ1) is 13.1. The zero-order chi connectivity index (χ0) is 13.8. The third kappa shape index (κ3) is 2.90. The summed E-state index contributed by atoms with van der Waals surface area (Å²) in [7, 11) is 0. The minimum atomic E-state index is -0.164. The van der Waals surface area contributed by atoms with Gasteiger partial charge in [-0.1, -0.05) is 12.1 Å². The lowest BCUT2D eigenvalue weighted by molar-refractivity contribution is 0.448. The maximum atomic E-state index is 8.92. The number of benzene rings is 1. The van der Waals surface area contributed by atoms with Gasteiger partial charge in [0.2, 0.25) is 5.88 Å². The van der Waals surface area contributed by atoms with Crippen molar-refractivity contribution in [2.75, 3.05) is 0 Å². The standard InChI is InChI=1S/C15H15N3O/c1-10-5-6-12(9-16)8-14(10)19-15-13(11(2)17)4-3-7-18-15/h3-8,11H,17H2,1-2H3/t11-/m1/s1. The second-order valence-electron chi connectivity index (χ2n) is 4.38. The number of aromatic nitrogens is 1. The van der Waals surface area contributed by atoms with E-state index in [2.05, 4.69) is 11.1 Å². The van der Waals surface area contributed by atoms with Crippen molar-refractivity contribution in [3.63, 3.8) is 0 Å². The highest BCUT2D eigenvalue weighted by Crippen LogP contribution is 2.29. The van der Waals surface area contributed by atoms with Gasteiger partial charge in [0.15, 0.2) is 0 Å².